The van der Waals surface area contributed by atoms with Gasteiger partial charge >= 0.3 is 0 Å². The van der Waals surface area contributed by atoms with Crippen molar-refractivity contribution in [2.75, 3.05) is 0 Å². The van der Waals surface area contributed by atoms with Crippen LogP contribution in [0, 0.1) is 19.7 Å². The lowest BCUT2D eigenvalue weighted by molar-refractivity contribution is 0.415. The molecule has 0 unspecified atom stereocenters. The minimum Gasteiger partial charge on any atom is -0.434 e. The van der Waals surface area contributed by atoms with Gasteiger partial charge in [-0.15, -0.1) is 5.10 Å². The Kier molecular flexibility index (Phi) is 4.11. The highest BCUT2D eigenvalue weighted by molar-refractivity contribution is 9.10. The summed E-state index contributed by atoms with van der Waals surface area (Å²) in [5, 5.41) is 7.91. The number of aryl methyl sites for hydroxylation is 1. The second kappa shape index (κ2) is 5.63. The van der Waals surface area contributed by atoms with Crippen molar-refractivity contribution in [3.63, 3.8) is 0 Å². The first-order valence-corrected chi connectivity index (χ1v) is 6.48. The summed E-state index contributed by atoms with van der Waals surface area (Å²) in [5.41, 5.74) is 8.11. The summed E-state index contributed by atoms with van der Waals surface area (Å²) < 4.78 is 19.9. The number of hydrogen-bond donors (Lipinski definition) is 1. The van der Waals surface area contributed by atoms with Gasteiger partial charge in [-0.05, 0) is 37.6 Å². The number of aromatic nitrogens is 2. The third kappa shape index (κ3) is 2.90. The van der Waals surface area contributed by atoms with E-state index >= 15 is 0 Å². The molecular weight excluding hydrogens is 313 g/mol. The lowest BCUT2D eigenvalue weighted by Crippen LogP contribution is -2.07. The van der Waals surface area contributed by atoms with Crippen molar-refractivity contribution in [1.29, 1.82) is 0 Å². The summed E-state index contributed by atoms with van der Waals surface area (Å²) in [4.78, 5) is 0. The van der Waals surface area contributed by atoms with Crippen LogP contribution in [-0.4, -0.2) is 10.2 Å². The predicted octanol–water partition coefficient (Wildman–Crippen LogP) is 3.25. The normalized spacial score (nSPS) is 10.6. The molecular formula is C13H13BrFN3O. The third-order valence-corrected chi connectivity index (χ3v) is 3.34. The van der Waals surface area contributed by atoms with Gasteiger partial charge in [0.2, 0.25) is 5.88 Å². The molecule has 0 bridgehead atoms. The van der Waals surface area contributed by atoms with Crippen LogP contribution in [-0.2, 0) is 6.54 Å². The molecule has 2 aromatic rings. The van der Waals surface area contributed by atoms with Crippen LogP contribution < -0.4 is 10.5 Å². The molecule has 0 aliphatic rings. The fourth-order valence-corrected chi connectivity index (χ4v) is 1.96. The quantitative estimate of drug-likeness (QED) is 0.941. The molecule has 0 aliphatic carbocycles. The van der Waals surface area contributed by atoms with Crippen LogP contribution in [0.25, 0.3) is 0 Å². The highest BCUT2D eigenvalue weighted by Gasteiger charge is 2.14. The van der Waals surface area contributed by atoms with Crippen molar-refractivity contribution in [2.24, 2.45) is 5.73 Å². The molecule has 0 fully saturated rings. The van der Waals surface area contributed by atoms with E-state index in [1.54, 1.807) is 6.07 Å². The fourth-order valence-electron chi connectivity index (χ4n) is 1.62. The molecule has 0 aliphatic heterocycles. The van der Waals surface area contributed by atoms with E-state index in [0.29, 0.717) is 0 Å². The Balaban J connectivity index is 2.43. The van der Waals surface area contributed by atoms with Gasteiger partial charge in [0.25, 0.3) is 0 Å². The van der Waals surface area contributed by atoms with Gasteiger partial charge in [-0.3, -0.25) is 0 Å². The molecule has 6 heteroatoms. The first-order valence-electron chi connectivity index (χ1n) is 5.68. The van der Waals surface area contributed by atoms with Gasteiger partial charge in [0, 0.05) is 16.6 Å². The van der Waals surface area contributed by atoms with E-state index in [2.05, 4.69) is 26.1 Å². The van der Waals surface area contributed by atoms with Crippen LogP contribution in [0.3, 0.4) is 0 Å². The molecule has 2 rings (SSSR count). The minimum absolute atomic E-state index is 0.0848. The smallest absolute Gasteiger partial charge is 0.243 e. The van der Waals surface area contributed by atoms with Gasteiger partial charge in [-0.2, -0.15) is 5.10 Å². The standard InChI is InChI=1S/C13H13BrFN3O/c1-7-8(2)17-18-13(10(7)6-16)19-12-5-9(14)3-4-11(12)15/h3-5H,6,16H2,1-2H3. The zero-order valence-electron chi connectivity index (χ0n) is 10.6. The number of benzene rings is 1. The zero-order valence-corrected chi connectivity index (χ0v) is 12.2. The molecule has 0 spiro atoms. The lowest BCUT2D eigenvalue weighted by atomic mass is 10.1. The maximum absolute atomic E-state index is 13.6. The summed E-state index contributed by atoms with van der Waals surface area (Å²) >= 11 is 3.26. The van der Waals surface area contributed by atoms with Crippen molar-refractivity contribution in [3.8, 4) is 11.6 Å². The Morgan fingerprint density at radius 1 is 1.32 bits per heavy atom. The number of rotatable bonds is 3. The average Bonchev–Trinajstić information content (AvgIpc) is 2.38. The molecule has 2 N–H and O–H groups in total. The molecule has 0 saturated heterocycles. The van der Waals surface area contributed by atoms with Crippen LogP contribution >= 0.6 is 15.9 Å². The topological polar surface area (TPSA) is 61.0 Å². The maximum Gasteiger partial charge on any atom is 0.243 e. The molecule has 0 saturated carbocycles. The Morgan fingerprint density at radius 3 is 2.74 bits per heavy atom. The predicted molar refractivity (Wildman–Crippen MR) is 73.6 cm³/mol. The van der Waals surface area contributed by atoms with Crippen LogP contribution in [0.1, 0.15) is 16.8 Å². The number of nitrogens with two attached hydrogens (primary N) is 1. The zero-order chi connectivity index (χ0) is 14.0. The van der Waals surface area contributed by atoms with Gasteiger partial charge in [0.15, 0.2) is 11.6 Å². The highest BCUT2D eigenvalue weighted by Crippen LogP contribution is 2.29. The second-order valence-electron chi connectivity index (χ2n) is 4.08. The SMILES string of the molecule is Cc1nnc(Oc2cc(Br)ccc2F)c(CN)c1C. The average molecular weight is 326 g/mol. The molecule has 0 atom stereocenters. The largest absolute Gasteiger partial charge is 0.434 e. The Morgan fingerprint density at radius 2 is 2.05 bits per heavy atom. The highest BCUT2D eigenvalue weighted by atomic mass is 79.9. The molecule has 0 radical (unpaired) electrons. The van der Waals surface area contributed by atoms with Crippen molar-refractivity contribution >= 4 is 15.9 Å². The van der Waals surface area contributed by atoms with Crippen molar-refractivity contribution in [1.82, 2.24) is 10.2 Å². The minimum atomic E-state index is -0.466. The summed E-state index contributed by atoms with van der Waals surface area (Å²) in [7, 11) is 0. The van der Waals surface area contributed by atoms with E-state index < -0.39 is 5.82 Å². The van der Waals surface area contributed by atoms with Crippen molar-refractivity contribution in [3.05, 3.63) is 45.3 Å². The third-order valence-electron chi connectivity index (χ3n) is 2.85. The van der Waals surface area contributed by atoms with Crippen LogP contribution in [0.5, 0.6) is 11.6 Å². The monoisotopic (exact) mass is 325 g/mol. The van der Waals surface area contributed by atoms with Gasteiger partial charge in [0.05, 0.1) is 5.69 Å². The Hall–Kier alpha value is -1.53. The molecule has 1 heterocycles. The van der Waals surface area contributed by atoms with E-state index in [-0.39, 0.29) is 18.2 Å². The van der Waals surface area contributed by atoms with Crippen molar-refractivity contribution < 1.29 is 9.13 Å². The van der Waals surface area contributed by atoms with E-state index in [9.17, 15) is 4.39 Å². The second-order valence-corrected chi connectivity index (χ2v) is 4.99. The number of ether oxygens (including phenoxy) is 1. The maximum atomic E-state index is 13.6. The van der Waals surface area contributed by atoms with Gasteiger partial charge in [0.1, 0.15) is 0 Å². The first kappa shape index (κ1) is 13.9. The number of hydrogen-bond acceptors (Lipinski definition) is 4. The van der Waals surface area contributed by atoms with Gasteiger partial charge < -0.3 is 10.5 Å². The van der Waals surface area contributed by atoms with E-state index in [1.165, 1.54) is 12.1 Å². The Labute approximate surface area is 118 Å². The summed E-state index contributed by atoms with van der Waals surface area (Å²) in [6, 6.07) is 4.45. The molecule has 1 aromatic carbocycles. The van der Waals surface area contributed by atoms with Crippen LogP contribution in [0.2, 0.25) is 0 Å². The molecule has 100 valence electrons. The van der Waals surface area contributed by atoms with E-state index in [1.807, 2.05) is 13.8 Å². The van der Waals surface area contributed by atoms with Crippen LogP contribution in [0.15, 0.2) is 22.7 Å². The summed E-state index contributed by atoms with van der Waals surface area (Å²) in [5.74, 6) is -0.143. The number of halogens is 2. The Bertz CT molecular complexity index is 619. The summed E-state index contributed by atoms with van der Waals surface area (Å²) in [6.07, 6.45) is 0. The molecule has 1 aromatic heterocycles. The van der Waals surface area contributed by atoms with Crippen molar-refractivity contribution in [2.45, 2.75) is 20.4 Å². The first-order chi connectivity index (χ1) is 9.02. The molecule has 4 nitrogen and oxygen atoms in total. The molecule has 19 heavy (non-hydrogen) atoms. The molecule has 0 amide bonds. The van der Waals surface area contributed by atoms with E-state index in [4.69, 9.17) is 10.5 Å². The van der Waals surface area contributed by atoms with Crippen LogP contribution in [0.4, 0.5) is 4.39 Å². The summed E-state index contributed by atoms with van der Waals surface area (Å²) in [6.45, 7) is 3.98. The fraction of sp³-hybridized carbons (Fsp3) is 0.231. The van der Waals surface area contributed by atoms with Gasteiger partial charge in [-0.25, -0.2) is 4.39 Å². The lowest BCUT2D eigenvalue weighted by Gasteiger charge is -2.12. The number of nitrogens with zero attached hydrogens (tertiary/aromatic N) is 2. The van der Waals surface area contributed by atoms with E-state index in [0.717, 1.165) is 21.3 Å². The van der Waals surface area contributed by atoms with Gasteiger partial charge in [-0.1, -0.05) is 15.9 Å².